The van der Waals surface area contributed by atoms with Crippen molar-refractivity contribution in [1.29, 1.82) is 5.26 Å². The van der Waals surface area contributed by atoms with E-state index in [4.69, 9.17) is 5.26 Å². The Morgan fingerprint density at radius 1 is 1.38 bits per heavy atom. The molecule has 0 atom stereocenters. The number of hydrogen-bond acceptors (Lipinski definition) is 5. The minimum Gasteiger partial charge on any atom is -0.465 e. The molecule has 0 saturated heterocycles. The second-order valence-electron chi connectivity index (χ2n) is 3.37. The van der Waals surface area contributed by atoms with Gasteiger partial charge in [0, 0.05) is 4.90 Å². The van der Waals surface area contributed by atoms with Gasteiger partial charge >= 0.3 is 18.1 Å². The van der Waals surface area contributed by atoms with E-state index in [9.17, 15) is 26.7 Å². The van der Waals surface area contributed by atoms with E-state index in [1.165, 1.54) is 6.07 Å². The molecule has 0 fully saturated rings. The molecule has 0 amide bonds. The topological polar surface area (TPSA) is 59.3 Å². The van der Waals surface area contributed by atoms with Gasteiger partial charge in [0.25, 0.3) is 0 Å². The van der Waals surface area contributed by atoms with Crippen LogP contribution in [0.25, 0.3) is 0 Å². The Labute approximate surface area is 119 Å². The average Bonchev–Trinajstić information content (AvgIpc) is 2.34. The third kappa shape index (κ3) is 4.78. The van der Waals surface area contributed by atoms with Gasteiger partial charge < -0.3 is 9.47 Å². The van der Waals surface area contributed by atoms with E-state index in [1.54, 1.807) is 0 Å². The van der Waals surface area contributed by atoms with Gasteiger partial charge in [0.1, 0.15) is 11.8 Å². The zero-order chi connectivity index (χ0) is 16.2. The van der Waals surface area contributed by atoms with Crippen LogP contribution in [0.15, 0.2) is 17.0 Å². The molecule has 0 N–H and O–H groups in total. The van der Waals surface area contributed by atoms with Gasteiger partial charge in [0.15, 0.2) is 0 Å². The molecular formula is C11H6F5NO3S. The van der Waals surface area contributed by atoms with E-state index in [0.717, 1.165) is 13.2 Å². The SMILES string of the molecule is COC(=O)c1c(C#N)cc(OC(F)F)cc1SC(F)(F)F. The van der Waals surface area contributed by atoms with Crippen molar-refractivity contribution < 1.29 is 36.2 Å². The predicted octanol–water partition coefficient (Wildman–Crippen LogP) is 3.56. The first-order valence-electron chi connectivity index (χ1n) is 5.05. The zero-order valence-corrected chi connectivity index (χ0v) is 11.0. The number of thioether (sulfide) groups is 1. The number of esters is 1. The Morgan fingerprint density at radius 3 is 2.43 bits per heavy atom. The molecule has 1 aromatic carbocycles. The highest BCUT2D eigenvalue weighted by molar-refractivity contribution is 8.00. The van der Waals surface area contributed by atoms with Crippen molar-refractivity contribution in [2.24, 2.45) is 0 Å². The number of alkyl halides is 5. The molecule has 0 bridgehead atoms. The van der Waals surface area contributed by atoms with Gasteiger partial charge in [0.05, 0.1) is 18.2 Å². The highest BCUT2D eigenvalue weighted by Crippen LogP contribution is 2.41. The molecular weight excluding hydrogens is 321 g/mol. The summed E-state index contributed by atoms with van der Waals surface area (Å²) in [7, 11) is 0.912. The van der Waals surface area contributed by atoms with E-state index in [1.807, 2.05) is 0 Å². The predicted molar refractivity (Wildman–Crippen MR) is 61.0 cm³/mol. The summed E-state index contributed by atoms with van der Waals surface area (Å²) < 4.78 is 69.9. The fourth-order valence-electron chi connectivity index (χ4n) is 1.37. The molecule has 4 nitrogen and oxygen atoms in total. The van der Waals surface area contributed by atoms with Gasteiger partial charge in [-0.25, -0.2) is 4.79 Å². The maximum atomic E-state index is 12.5. The first-order valence-corrected chi connectivity index (χ1v) is 5.86. The number of rotatable bonds is 4. The number of ether oxygens (including phenoxy) is 2. The molecule has 1 aromatic rings. The molecule has 1 rings (SSSR count). The van der Waals surface area contributed by atoms with Gasteiger partial charge in [-0.3, -0.25) is 0 Å². The van der Waals surface area contributed by atoms with Crippen molar-refractivity contribution in [3.05, 3.63) is 23.3 Å². The lowest BCUT2D eigenvalue weighted by molar-refractivity contribution is -0.0500. The smallest absolute Gasteiger partial charge is 0.446 e. The number of nitrogens with zero attached hydrogens (tertiary/aromatic N) is 1. The van der Waals surface area contributed by atoms with Crippen LogP contribution < -0.4 is 4.74 Å². The Hall–Kier alpha value is -2.02. The molecule has 0 heterocycles. The van der Waals surface area contributed by atoms with Crippen LogP contribution in [-0.4, -0.2) is 25.2 Å². The normalized spacial score (nSPS) is 11.1. The molecule has 0 saturated carbocycles. The molecule has 0 aromatic heterocycles. The van der Waals surface area contributed by atoms with Crippen LogP contribution in [0, 0.1) is 11.3 Å². The van der Waals surface area contributed by atoms with Gasteiger partial charge in [-0.1, -0.05) is 0 Å². The van der Waals surface area contributed by atoms with Crippen LogP contribution in [0.1, 0.15) is 15.9 Å². The monoisotopic (exact) mass is 327 g/mol. The molecule has 114 valence electrons. The van der Waals surface area contributed by atoms with Crippen molar-refractivity contribution in [2.75, 3.05) is 7.11 Å². The summed E-state index contributed by atoms with van der Waals surface area (Å²) in [6, 6.07) is 2.77. The maximum absolute atomic E-state index is 12.5. The third-order valence-corrected chi connectivity index (χ3v) is 2.81. The number of carbonyl (C=O) groups excluding carboxylic acids is 1. The number of nitriles is 1. The Morgan fingerprint density at radius 2 is 2.00 bits per heavy atom. The molecule has 21 heavy (non-hydrogen) atoms. The molecule has 0 aliphatic carbocycles. The number of hydrogen-bond donors (Lipinski definition) is 0. The number of carbonyl (C=O) groups is 1. The summed E-state index contributed by atoms with van der Waals surface area (Å²) >= 11 is -0.735. The molecule has 0 aliphatic rings. The van der Waals surface area contributed by atoms with Gasteiger partial charge in [-0.2, -0.15) is 27.2 Å². The minimum absolute atomic E-state index is 0.563. The number of benzene rings is 1. The van der Waals surface area contributed by atoms with Crippen LogP contribution in [0.2, 0.25) is 0 Å². The van der Waals surface area contributed by atoms with Gasteiger partial charge in [-0.05, 0) is 23.9 Å². The highest BCUT2D eigenvalue weighted by atomic mass is 32.2. The molecule has 0 radical (unpaired) electrons. The molecule has 0 spiro atoms. The summed E-state index contributed by atoms with van der Waals surface area (Å²) in [6.07, 6.45) is 0. The fourth-order valence-corrected chi connectivity index (χ4v) is 2.09. The highest BCUT2D eigenvalue weighted by Gasteiger charge is 2.33. The second kappa shape index (κ2) is 6.62. The first kappa shape index (κ1) is 17.0. The summed E-state index contributed by atoms with van der Waals surface area (Å²) in [5, 5.41) is 8.85. The fraction of sp³-hybridized carbons (Fsp3) is 0.273. The second-order valence-corrected chi connectivity index (χ2v) is 4.48. The maximum Gasteiger partial charge on any atom is 0.446 e. The van der Waals surface area contributed by atoms with Crippen LogP contribution in [-0.2, 0) is 4.74 Å². The largest absolute Gasteiger partial charge is 0.465 e. The van der Waals surface area contributed by atoms with Crippen molar-refractivity contribution in [1.82, 2.24) is 0 Å². The Balaban J connectivity index is 3.45. The van der Waals surface area contributed by atoms with E-state index in [2.05, 4.69) is 9.47 Å². The van der Waals surface area contributed by atoms with Crippen LogP contribution >= 0.6 is 11.8 Å². The van der Waals surface area contributed by atoms with Crippen molar-refractivity contribution >= 4 is 17.7 Å². The summed E-state index contributed by atoms with van der Waals surface area (Å²) in [5.74, 6) is -1.86. The number of halogens is 5. The van der Waals surface area contributed by atoms with E-state index >= 15 is 0 Å². The summed E-state index contributed by atoms with van der Waals surface area (Å²) in [6.45, 7) is -3.29. The lowest BCUT2D eigenvalue weighted by Gasteiger charge is -2.13. The lowest BCUT2D eigenvalue weighted by atomic mass is 10.1. The molecule has 0 unspecified atom stereocenters. The van der Waals surface area contributed by atoms with Crippen LogP contribution in [0.4, 0.5) is 22.0 Å². The zero-order valence-electron chi connectivity index (χ0n) is 10.2. The Bertz CT molecular complexity index is 582. The van der Waals surface area contributed by atoms with Gasteiger partial charge in [0.2, 0.25) is 0 Å². The van der Waals surface area contributed by atoms with Gasteiger partial charge in [-0.15, -0.1) is 0 Å². The van der Waals surface area contributed by atoms with E-state index in [0.29, 0.717) is 6.07 Å². The molecule has 10 heteroatoms. The molecule has 0 aliphatic heterocycles. The third-order valence-electron chi connectivity index (χ3n) is 2.04. The number of methoxy groups -OCH3 is 1. The Kier molecular flexibility index (Phi) is 5.37. The summed E-state index contributed by atoms with van der Waals surface area (Å²) in [4.78, 5) is 10.7. The van der Waals surface area contributed by atoms with Crippen molar-refractivity contribution in [3.8, 4) is 11.8 Å². The standard InChI is InChI=1S/C11H6F5NO3S/c1-19-9(18)8-5(4-17)2-6(20-10(12)13)3-7(8)21-11(14,15)16/h2-3,10H,1H3. The quantitative estimate of drug-likeness (QED) is 0.481. The van der Waals surface area contributed by atoms with E-state index in [-0.39, 0.29) is 0 Å². The van der Waals surface area contributed by atoms with Crippen LogP contribution in [0.5, 0.6) is 5.75 Å². The average molecular weight is 327 g/mol. The summed E-state index contributed by atoms with van der Waals surface area (Å²) in [5.41, 5.74) is -6.02. The van der Waals surface area contributed by atoms with E-state index < -0.39 is 51.6 Å². The van der Waals surface area contributed by atoms with Crippen LogP contribution in [0.3, 0.4) is 0 Å². The van der Waals surface area contributed by atoms with Crippen molar-refractivity contribution in [2.45, 2.75) is 17.0 Å². The first-order chi connectivity index (χ1) is 9.67. The van der Waals surface area contributed by atoms with Crippen molar-refractivity contribution in [3.63, 3.8) is 0 Å². The lowest BCUT2D eigenvalue weighted by Crippen LogP contribution is -2.11. The minimum atomic E-state index is -4.79.